The summed E-state index contributed by atoms with van der Waals surface area (Å²) in [7, 11) is 0. The van der Waals surface area contributed by atoms with Crippen molar-refractivity contribution in [3.63, 3.8) is 0 Å². The average molecular weight is 358 g/mol. The number of rotatable bonds is 4. The smallest absolute Gasteiger partial charge is 0.0162 e. The number of hydrogen-bond donors (Lipinski definition) is 0. The first-order valence-electron chi connectivity index (χ1n) is 5.63. The maximum atomic E-state index is 3.89. The Morgan fingerprint density at radius 2 is 1.94 bits per heavy atom. The molecule has 17 heavy (non-hydrogen) atoms. The fraction of sp³-hybridized carbons (Fsp3) is 0.333. The molecule has 0 nitrogen and oxygen atoms in total. The quantitative estimate of drug-likeness (QED) is 0.630. The van der Waals surface area contributed by atoms with E-state index in [1.807, 2.05) is 6.92 Å². The number of thioether (sulfide) groups is 1. The molecule has 0 N–H and O–H groups in total. The fourth-order valence-electron chi connectivity index (χ4n) is 1.57. The predicted molar refractivity (Wildman–Crippen MR) is 88.5 cm³/mol. The van der Waals surface area contributed by atoms with E-state index in [-0.39, 0.29) is 0 Å². The van der Waals surface area contributed by atoms with Crippen molar-refractivity contribution in [1.82, 2.24) is 0 Å². The zero-order chi connectivity index (χ0) is 13.0. The van der Waals surface area contributed by atoms with Gasteiger partial charge in [-0.25, -0.2) is 0 Å². The van der Waals surface area contributed by atoms with Crippen LogP contribution in [-0.4, -0.2) is 0 Å². The topological polar surface area (TPSA) is 0 Å². The first-order chi connectivity index (χ1) is 7.90. The van der Waals surface area contributed by atoms with E-state index in [0.717, 1.165) is 11.3 Å². The molecule has 0 amide bonds. The van der Waals surface area contributed by atoms with E-state index in [1.165, 1.54) is 25.8 Å². The third-order valence-electron chi connectivity index (χ3n) is 2.55. The minimum atomic E-state index is 1.03. The molecule has 92 valence electrons. The van der Waals surface area contributed by atoms with Gasteiger partial charge in [0, 0.05) is 3.57 Å². The number of hydrogen-bond acceptors (Lipinski definition) is 1. The van der Waals surface area contributed by atoms with Crippen LogP contribution in [-0.2, 0) is 6.42 Å². The van der Waals surface area contributed by atoms with E-state index < -0.39 is 0 Å². The Morgan fingerprint density at radius 1 is 1.29 bits per heavy atom. The fourth-order valence-corrected chi connectivity index (χ4v) is 2.68. The lowest BCUT2D eigenvalue weighted by atomic mass is 10.00. The molecule has 0 atom stereocenters. The van der Waals surface area contributed by atoms with Crippen LogP contribution in [0.1, 0.15) is 30.5 Å². The molecule has 0 unspecified atom stereocenters. The summed E-state index contributed by atoms with van der Waals surface area (Å²) in [4.78, 5) is 1.14. The number of halogens is 1. The highest BCUT2D eigenvalue weighted by Crippen LogP contribution is 2.22. The molecule has 0 fully saturated rings. The lowest BCUT2D eigenvalue weighted by molar-refractivity contribution is 1.11. The van der Waals surface area contributed by atoms with E-state index in [4.69, 9.17) is 0 Å². The van der Waals surface area contributed by atoms with Gasteiger partial charge in [-0.3, -0.25) is 0 Å². The lowest BCUT2D eigenvalue weighted by Crippen LogP contribution is -1.94. The third-order valence-corrected chi connectivity index (χ3v) is 4.63. The van der Waals surface area contributed by atoms with Crippen LogP contribution in [0.15, 0.2) is 34.6 Å². The van der Waals surface area contributed by atoms with Gasteiger partial charge < -0.3 is 0 Å². The van der Waals surface area contributed by atoms with Gasteiger partial charge in [0.25, 0.3) is 0 Å². The van der Waals surface area contributed by atoms with E-state index in [9.17, 15) is 0 Å². The molecule has 0 bridgehead atoms. The van der Waals surface area contributed by atoms with Crippen molar-refractivity contribution in [2.45, 2.75) is 34.1 Å². The Kier molecular flexibility index (Phi) is 5.80. The highest BCUT2D eigenvalue weighted by Gasteiger charge is 2.03. The van der Waals surface area contributed by atoms with E-state index in [2.05, 4.69) is 67.5 Å². The van der Waals surface area contributed by atoms with Crippen molar-refractivity contribution < 1.29 is 0 Å². The van der Waals surface area contributed by atoms with E-state index in [1.54, 1.807) is 11.8 Å². The van der Waals surface area contributed by atoms with Crippen molar-refractivity contribution in [2.75, 3.05) is 0 Å². The molecule has 1 aromatic rings. The lowest BCUT2D eigenvalue weighted by Gasteiger charge is -2.09. The van der Waals surface area contributed by atoms with Crippen LogP contribution >= 0.6 is 34.4 Å². The van der Waals surface area contributed by atoms with Gasteiger partial charge in [-0.05, 0) is 89.8 Å². The summed E-state index contributed by atoms with van der Waals surface area (Å²) in [6.45, 7) is 12.5. The van der Waals surface area contributed by atoms with Crippen molar-refractivity contribution in [3.8, 4) is 0 Å². The first-order valence-corrected chi connectivity index (χ1v) is 7.59. The van der Waals surface area contributed by atoms with E-state index in [0.29, 0.717) is 0 Å². The van der Waals surface area contributed by atoms with Gasteiger partial charge in [0.05, 0.1) is 0 Å². The molecule has 0 aliphatic rings. The van der Waals surface area contributed by atoms with Crippen LogP contribution in [0.5, 0.6) is 0 Å². The van der Waals surface area contributed by atoms with Gasteiger partial charge >= 0.3 is 0 Å². The predicted octanol–water partition coefficient (Wildman–Crippen LogP) is 5.62. The van der Waals surface area contributed by atoms with Gasteiger partial charge in [-0.1, -0.05) is 18.2 Å². The summed E-state index contributed by atoms with van der Waals surface area (Å²) in [5.41, 5.74) is 5.57. The molecule has 0 radical (unpaired) electrons. The van der Waals surface area contributed by atoms with Crippen molar-refractivity contribution in [2.24, 2.45) is 0 Å². The molecule has 0 aliphatic heterocycles. The second-order valence-corrected chi connectivity index (χ2v) is 6.82. The largest absolute Gasteiger partial charge is 0.103 e. The van der Waals surface area contributed by atoms with Gasteiger partial charge in [0.15, 0.2) is 0 Å². The summed E-state index contributed by atoms with van der Waals surface area (Å²) in [6.07, 6.45) is 1.03. The maximum absolute atomic E-state index is 3.89. The summed E-state index contributed by atoms with van der Waals surface area (Å²) in [6, 6.07) is 4.57. The summed E-state index contributed by atoms with van der Waals surface area (Å²) in [5.74, 6) is 0. The Bertz CT molecular complexity index is 458. The normalized spacial score (nSPS) is 11.7. The molecule has 2 heteroatoms. The van der Waals surface area contributed by atoms with Crippen molar-refractivity contribution >= 4 is 34.4 Å². The van der Waals surface area contributed by atoms with Crippen LogP contribution in [0.25, 0.3) is 0 Å². The van der Waals surface area contributed by atoms with Gasteiger partial charge in [0.1, 0.15) is 0 Å². The van der Waals surface area contributed by atoms with Crippen LogP contribution in [0.3, 0.4) is 0 Å². The Hall–Kier alpha value is -0.220. The number of aryl methyl sites for hydroxylation is 2. The molecule has 1 rings (SSSR count). The van der Waals surface area contributed by atoms with Crippen LogP contribution < -0.4 is 0 Å². The van der Waals surface area contributed by atoms with E-state index >= 15 is 0 Å². The zero-order valence-electron chi connectivity index (χ0n) is 10.9. The second-order valence-electron chi connectivity index (χ2n) is 4.49. The Balaban J connectivity index is 2.85. The Morgan fingerprint density at radius 3 is 2.53 bits per heavy atom. The molecular weight excluding hydrogens is 339 g/mol. The summed E-state index contributed by atoms with van der Waals surface area (Å²) in [5, 5.41) is 2.20. The zero-order valence-corrected chi connectivity index (χ0v) is 13.9. The highest BCUT2D eigenvalue weighted by molar-refractivity contribution is 14.1. The molecular formula is C15H19IS. The number of benzene rings is 1. The number of allylic oxidation sites excluding steroid dienone is 2. The van der Waals surface area contributed by atoms with Gasteiger partial charge in [-0.15, -0.1) is 11.8 Å². The van der Waals surface area contributed by atoms with Crippen molar-refractivity contribution in [1.29, 1.82) is 0 Å². The minimum absolute atomic E-state index is 1.03. The molecule has 0 saturated carbocycles. The monoisotopic (exact) mass is 358 g/mol. The van der Waals surface area contributed by atoms with Crippen LogP contribution in [0.4, 0.5) is 0 Å². The third kappa shape index (κ3) is 4.88. The molecule has 0 heterocycles. The molecule has 0 saturated heterocycles. The molecule has 0 aromatic heterocycles. The van der Waals surface area contributed by atoms with Gasteiger partial charge in [0.2, 0.25) is 0 Å². The SMILES string of the molecule is C=C(C)S/C=C(\C)Cc1cc(C)c(I)cc1C. The van der Waals surface area contributed by atoms with Crippen LogP contribution in [0.2, 0.25) is 0 Å². The Labute approximate surface area is 123 Å². The summed E-state index contributed by atoms with van der Waals surface area (Å²) >= 11 is 4.11. The standard InChI is InChI=1S/C15H19IS/c1-10(2)17-9-11(3)6-14-7-13(5)15(16)8-12(14)4/h7-9H,1,6H2,2-5H3/b11-9+. The second kappa shape index (κ2) is 6.64. The van der Waals surface area contributed by atoms with Gasteiger partial charge in [-0.2, -0.15) is 0 Å². The van der Waals surface area contributed by atoms with Crippen LogP contribution in [0, 0.1) is 17.4 Å². The minimum Gasteiger partial charge on any atom is -0.103 e. The molecule has 1 aromatic carbocycles. The summed E-state index contributed by atoms with van der Waals surface area (Å²) < 4.78 is 1.35. The highest BCUT2D eigenvalue weighted by atomic mass is 127. The maximum Gasteiger partial charge on any atom is 0.0162 e. The molecule has 0 aliphatic carbocycles. The van der Waals surface area contributed by atoms with Crippen molar-refractivity contribution in [3.05, 3.63) is 54.9 Å². The molecule has 0 spiro atoms. The average Bonchev–Trinajstić information content (AvgIpc) is 2.23. The first kappa shape index (κ1) is 14.8.